The molecule has 156 valence electrons. The second-order valence-electron chi connectivity index (χ2n) is 7.29. The van der Waals surface area contributed by atoms with Crippen molar-refractivity contribution in [3.05, 3.63) is 95.1 Å². The number of carbonyl (C=O) groups is 2. The molecule has 2 aromatic heterocycles. The van der Waals surface area contributed by atoms with Crippen LogP contribution in [0.3, 0.4) is 0 Å². The zero-order chi connectivity index (χ0) is 22.0. The minimum absolute atomic E-state index is 0.0672. The van der Waals surface area contributed by atoms with Crippen molar-refractivity contribution >= 4 is 17.4 Å². The van der Waals surface area contributed by atoms with Gasteiger partial charge in [0.2, 0.25) is 5.78 Å². The van der Waals surface area contributed by atoms with Crippen LogP contribution in [0, 0.1) is 6.92 Å². The summed E-state index contributed by atoms with van der Waals surface area (Å²) in [7, 11) is 1.55. The third-order valence-electron chi connectivity index (χ3n) is 5.31. The summed E-state index contributed by atoms with van der Waals surface area (Å²) in [5.74, 6) is -1.32. The van der Waals surface area contributed by atoms with Gasteiger partial charge in [-0.05, 0) is 47.9 Å². The molecule has 1 aliphatic heterocycles. The van der Waals surface area contributed by atoms with Gasteiger partial charge in [-0.3, -0.25) is 14.6 Å². The van der Waals surface area contributed by atoms with Crippen molar-refractivity contribution in [1.29, 1.82) is 0 Å². The van der Waals surface area contributed by atoms with E-state index in [-0.39, 0.29) is 12.1 Å². The second kappa shape index (κ2) is 8.39. The summed E-state index contributed by atoms with van der Waals surface area (Å²) in [6, 6.07) is 11.3. The Hall–Kier alpha value is -4.00. The van der Waals surface area contributed by atoms with Gasteiger partial charge in [0.15, 0.2) is 12.4 Å². The third kappa shape index (κ3) is 3.77. The molecule has 7 heteroatoms. The summed E-state index contributed by atoms with van der Waals surface area (Å²) in [5, 5.41) is 13.4. The number of hydrogen-bond acceptors (Lipinski definition) is 5. The van der Waals surface area contributed by atoms with E-state index in [4.69, 9.17) is 4.74 Å². The van der Waals surface area contributed by atoms with Gasteiger partial charge < -0.3 is 14.7 Å². The molecule has 1 atom stereocenters. The number of aryl methyl sites for hydroxylation is 1. The molecule has 3 aromatic rings. The molecular formula is C24H21N3O4. The molecule has 7 nitrogen and oxygen atoms in total. The number of amides is 1. The van der Waals surface area contributed by atoms with E-state index in [2.05, 4.69) is 9.97 Å². The number of aromatic amines is 1. The van der Waals surface area contributed by atoms with Crippen LogP contribution < -0.4 is 14.8 Å². The number of aromatic nitrogens is 2. The number of Topliss-reactive ketones (excluding diaryl/α,β-unsaturated/α-hetero) is 1. The molecule has 4 rings (SSSR count). The first-order chi connectivity index (χ1) is 15.0. The van der Waals surface area contributed by atoms with Crippen molar-refractivity contribution < 1.29 is 24.4 Å². The Bertz CT molecular complexity index is 1160. The molecule has 0 aliphatic carbocycles. The van der Waals surface area contributed by atoms with Crippen LogP contribution in [0.15, 0.2) is 72.8 Å². The van der Waals surface area contributed by atoms with Crippen LogP contribution >= 0.6 is 0 Å². The minimum atomic E-state index is -0.816. The van der Waals surface area contributed by atoms with Crippen LogP contribution in [0.1, 0.15) is 28.3 Å². The summed E-state index contributed by atoms with van der Waals surface area (Å²) in [6.07, 6.45) is 6.69. The summed E-state index contributed by atoms with van der Waals surface area (Å²) >= 11 is 0. The Kier molecular flexibility index (Phi) is 5.49. The second-order valence-corrected chi connectivity index (χ2v) is 7.29. The predicted octanol–water partition coefficient (Wildman–Crippen LogP) is 1.64. The smallest absolute Gasteiger partial charge is 0.295 e. The topological polar surface area (TPSA) is 96.7 Å². The number of carbonyl (C=O) groups excluding carboxylic acids is 2. The lowest BCUT2D eigenvalue weighted by atomic mass is 9.95. The Labute approximate surface area is 179 Å². The normalized spacial score (nSPS) is 17.7. The molecule has 1 fully saturated rings. The lowest BCUT2D eigenvalue weighted by Gasteiger charge is -2.27. The number of rotatable bonds is 5. The monoisotopic (exact) mass is 415 g/mol. The Morgan fingerprint density at radius 3 is 2.71 bits per heavy atom. The fourth-order valence-electron chi connectivity index (χ4n) is 3.82. The number of nitrogens with one attached hydrogen (secondary N) is 1. The molecule has 0 radical (unpaired) electrons. The van der Waals surface area contributed by atoms with E-state index in [1.807, 2.05) is 19.1 Å². The highest BCUT2D eigenvalue weighted by atomic mass is 16.5. The van der Waals surface area contributed by atoms with Gasteiger partial charge in [-0.2, -0.15) is 0 Å². The molecule has 31 heavy (non-hydrogen) atoms. The highest BCUT2D eigenvalue weighted by molar-refractivity contribution is 6.46. The maximum atomic E-state index is 13.4. The van der Waals surface area contributed by atoms with Crippen molar-refractivity contribution in [3.63, 3.8) is 0 Å². The summed E-state index contributed by atoms with van der Waals surface area (Å²) in [5.41, 5.74) is 2.45. The largest absolute Gasteiger partial charge is 0.872 e. The van der Waals surface area contributed by atoms with E-state index < -0.39 is 23.5 Å². The highest BCUT2D eigenvalue weighted by Gasteiger charge is 2.44. The number of methoxy groups -OCH3 is 1. The minimum Gasteiger partial charge on any atom is -0.872 e. The van der Waals surface area contributed by atoms with E-state index in [0.717, 1.165) is 11.1 Å². The van der Waals surface area contributed by atoms with Crippen molar-refractivity contribution in [2.75, 3.05) is 7.11 Å². The van der Waals surface area contributed by atoms with Gasteiger partial charge in [-0.1, -0.05) is 17.9 Å². The quantitative estimate of drug-likeness (QED) is 0.359. The van der Waals surface area contributed by atoms with E-state index >= 15 is 0 Å². The van der Waals surface area contributed by atoms with Crippen molar-refractivity contribution in [3.8, 4) is 5.75 Å². The summed E-state index contributed by atoms with van der Waals surface area (Å²) in [6.45, 7) is 2.00. The van der Waals surface area contributed by atoms with Crippen LogP contribution in [0.5, 0.6) is 5.75 Å². The molecule has 1 aromatic carbocycles. The highest BCUT2D eigenvalue weighted by Crippen LogP contribution is 2.39. The molecule has 0 saturated carbocycles. The van der Waals surface area contributed by atoms with E-state index in [9.17, 15) is 14.7 Å². The number of ketones is 1. The van der Waals surface area contributed by atoms with Gasteiger partial charge in [0.1, 0.15) is 5.75 Å². The first-order valence-corrected chi connectivity index (χ1v) is 9.77. The maximum Gasteiger partial charge on any atom is 0.295 e. The molecule has 1 saturated heterocycles. The standard InChI is InChI=1S/C24H21N3O4/c1-15-11-17(7-8-19(15)31-2)22(28)20-21(18-6-4-10-26-13-18)27(24(30)23(20)29)14-16-5-3-9-25-12-16/h3-13,21,28H,14H2,1-2H3. The maximum absolute atomic E-state index is 13.4. The van der Waals surface area contributed by atoms with Gasteiger partial charge in [-0.25, -0.2) is 4.98 Å². The van der Waals surface area contributed by atoms with Crippen molar-refractivity contribution in [1.82, 2.24) is 9.88 Å². The average molecular weight is 415 g/mol. The SMILES string of the molecule is COc1ccc(C([O-])=C2C(=O)C(=O)N(Cc3ccc[nH+]c3)C2c2cccnc2)cc1C. The van der Waals surface area contributed by atoms with Gasteiger partial charge in [0.25, 0.3) is 5.91 Å². The van der Waals surface area contributed by atoms with Crippen LogP contribution in [0.4, 0.5) is 0 Å². The zero-order valence-corrected chi connectivity index (χ0v) is 17.2. The number of ether oxygens (including phenoxy) is 1. The van der Waals surface area contributed by atoms with Crippen LogP contribution in [0.25, 0.3) is 5.76 Å². The molecule has 1 N–H and O–H groups in total. The zero-order valence-electron chi connectivity index (χ0n) is 17.2. The number of H-pyrrole nitrogens is 1. The van der Waals surface area contributed by atoms with Crippen LogP contribution in [-0.4, -0.2) is 28.7 Å². The lowest BCUT2D eigenvalue weighted by Crippen LogP contribution is -2.29. The Morgan fingerprint density at radius 1 is 1.23 bits per heavy atom. The number of pyridine rings is 2. The lowest BCUT2D eigenvalue weighted by molar-refractivity contribution is -0.378. The van der Waals surface area contributed by atoms with Crippen LogP contribution in [-0.2, 0) is 16.1 Å². The van der Waals surface area contributed by atoms with Crippen molar-refractivity contribution in [2.24, 2.45) is 0 Å². The molecule has 1 amide bonds. The van der Waals surface area contributed by atoms with E-state index in [0.29, 0.717) is 16.9 Å². The van der Waals surface area contributed by atoms with Crippen molar-refractivity contribution in [2.45, 2.75) is 19.5 Å². The first-order valence-electron chi connectivity index (χ1n) is 9.77. The molecular weight excluding hydrogens is 394 g/mol. The number of benzene rings is 1. The molecule has 0 spiro atoms. The van der Waals surface area contributed by atoms with Crippen LogP contribution in [0.2, 0.25) is 0 Å². The van der Waals surface area contributed by atoms with Gasteiger partial charge in [0.05, 0.1) is 19.7 Å². The number of hydrogen-bond donors (Lipinski definition) is 0. The fourth-order valence-corrected chi connectivity index (χ4v) is 3.82. The number of nitrogens with zero attached hydrogens (tertiary/aromatic N) is 2. The Morgan fingerprint density at radius 2 is 2.06 bits per heavy atom. The number of likely N-dealkylation sites (tertiary alicyclic amines) is 1. The van der Waals surface area contributed by atoms with E-state index in [1.165, 1.54) is 4.90 Å². The fraction of sp³-hybridized carbons (Fsp3) is 0.167. The Balaban J connectivity index is 1.85. The summed E-state index contributed by atoms with van der Waals surface area (Å²) in [4.78, 5) is 34.5. The molecule has 1 unspecified atom stereocenters. The third-order valence-corrected chi connectivity index (χ3v) is 5.31. The van der Waals surface area contributed by atoms with E-state index in [1.54, 1.807) is 62.2 Å². The average Bonchev–Trinajstić information content (AvgIpc) is 3.04. The van der Waals surface area contributed by atoms with Gasteiger partial charge in [-0.15, -0.1) is 0 Å². The van der Waals surface area contributed by atoms with Gasteiger partial charge in [0, 0.05) is 29.6 Å². The summed E-state index contributed by atoms with van der Waals surface area (Å²) < 4.78 is 5.26. The predicted molar refractivity (Wildman–Crippen MR) is 110 cm³/mol. The van der Waals surface area contributed by atoms with Gasteiger partial charge >= 0.3 is 0 Å². The molecule has 1 aliphatic rings. The molecule has 0 bridgehead atoms. The first kappa shape index (κ1) is 20.3. The molecule has 3 heterocycles.